The van der Waals surface area contributed by atoms with Crippen molar-refractivity contribution in [2.24, 2.45) is 7.05 Å². The fraction of sp³-hybridized carbons (Fsp3) is 0.500. The van der Waals surface area contributed by atoms with Gasteiger partial charge in [-0.2, -0.15) is 4.98 Å². The molecule has 0 saturated carbocycles. The fourth-order valence-corrected chi connectivity index (χ4v) is 1.28. The molecule has 5 nitrogen and oxygen atoms in total. The summed E-state index contributed by atoms with van der Waals surface area (Å²) in [6.45, 7) is 2.77. The zero-order valence-corrected chi connectivity index (χ0v) is 9.44. The minimum atomic E-state index is -1.60. The largest absolute Gasteiger partial charge is 0.337 e. The van der Waals surface area contributed by atoms with E-state index in [-0.39, 0.29) is 5.89 Å². The van der Waals surface area contributed by atoms with Gasteiger partial charge in [-0.15, -0.1) is 0 Å². The number of halogens is 1. The lowest BCUT2D eigenvalue weighted by atomic mass is 10.2. The van der Waals surface area contributed by atoms with Crippen LogP contribution in [0.1, 0.15) is 31.3 Å². The summed E-state index contributed by atoms with van der Waals surface area (Å²) >= 11 is 0. The minimum absolute atomic E-state index is 0.00432. The van der Waals surface area contributed by atoms with Crippen molar-refractivity contribution in [3.8, 4) is 0 Å². The van der Waals surface area contributed by atoms with E-state index in [9.17, 15) is 4.39 Å². The van der Waals surface area contributed by atoms with Crippen LogP contribution >= 0.6 is 0 Å². The molecule has 0 fully saturated rings. The van der Waals surface area contributed by atoms with E-state index in [4.69, 9.17) is 4.52 Å². The summed E-state index contributed by atoms with van der Waals surface area (Å²) in [4.78, 5) is 7.98. The molecule has 0 saturated heterocycles. The number of aryl methyl sites for hydroxylation is 1. The second-order valence-corrected chi connectivity index (χ2v) is 4.16. The first-order valence-corrected chi connectivity index (χ1v) is 4.94. The molecular formula is C10H13FN4O. The van der Waals surface area contributed by atoms with Crippen molar-refractivity contribution < 1.29 is 8.91 Å². The third-order valence-electron chi connectivity index (χ3n) is 2.23. The van der Waals surface area contributed by atoms with E-state index < -0.39 is 5.67 Å². The molecule has 0 aliphatic heterocycles. The van der Waals surface area contributed by atoms with Crippen molar-refractivity contribution in [1.82, 2.24) is 19.7 Å². The van der Waals surface area contributed by atoms with Crippen molar-refractivity contribution in [1.29, 1.82) is 0 Å². The molecule has 0 radical (unpaired) electrons. The second kappa shape index (κ2) is 3.70. The van der Waals surface area contributed by atoms with E-state index in [2.05, 4.69) is 15.1 Å². The summed E-state index contributed by atoms with van der Waals surface area (Å²) < 4.78 is 20.2. The molecule has 0 N–H and O–H groups in total. The first kappa shape index (κ1) is 10.8. The van der Waals surface area contributed by atoms with Crippen molar-refractivity contribution in [3.05, 3.63) is 29.9 Å². The van der Waals surface area contributed by atoms with E-state index in [1.54, 1.807) is 12.5 Å². The molecule has 0 spiro atoms. The maximum Gasteiger partial charge on any atom is 0.263 e. The van der Waals surface area contributed by atoms with Crippen LogP contribution in [0.3, 0.4) is 0 Å². The summed E-state index contributed by atoms with van der Waals surface area (Å²) in [6.07, 6.45) is 3.89. The number of hydrogen-bond acceptors (Lipinski definition) is 4. The molecule has 86 valence electrons. The van der Waals surface area contributed by atoms with Gasteiger partial charge in [0.1, 0.15) is 0 Å². The molecule has 0 aliphatic rings. The predicted octanol–water partition coefficient (Wildman–Crippen LogP) is 1.60. The third-order valence-corrected chi connectivity index (χ3v) is 2.23. The Balaban J connectivity index is 2.18. The average Bonchev–Trinajstić information content (AvgIpc) is 2.76. The van der Waals surface area contributed by atoms with Crippen LogP contribution in [0, 0.1) is 0 Å². The van der Waals surface area contributed by atoms with E-state index in [1.807, 2.05) is 11.6 Å². The van der Waals surface area contributed by atoms with Crippen LogP contribution in [0.25, 0.3) is 0 Å². The molecule has 0 aromatic carbocycles. The monoisotopic (exact) mass is 224 g/mol. The van der Waals surface area contributed by atoms with Crippen molar-refractivity contribution in [2.75, 3.05) is 0 Å². The molecular weight excluding hydrogens is 211 g/mol. The van der Waals surface area contributed by atoms with Gasteiger partial charge in [0.25, 0.3) is 5.89 Å². The van der Waals surface area contributed by atoms with Gasteiger partial charge in [0.2, 0.25) is 0 Å². The average molecular weight is 224 g/mol. The summed E-state index contributed by atoms with van der Waals surface area (Å²) in [6, 6.07) is 0. The van der Waals surface area contributed by atoms with Gasteiger partial charge in [-0.25, -0.2) is 9.37 Å². The van der Waals surface area contributed by atoms with Crippen LogP contribution in [0.2, 0.25) is 0 Å². The highest BCUT2D eigenvalue weighted by molar-refractivity contribution is 5.07. The summed E-state index contributed by atoms with van der Waals surface area (Å²) in [5, 5.41) is 3.73. The van der Waals surface area contributed by atoms with E-state index in [0.29, 0.717) is 12.2 Å². The number of hydrogen-bond donors (Lipinski definition) is 0. The van der Waals surface area contributed by atoms with Crippen LogP contribution in [-0.2, 0) is 19.1 Å². The SMILES string of the molecule is Cn1cncc1Cc1noc(C(C)(C)F)n1. The normalized spacial score (nSPS) is 12.0. The van der Waals surface area contributed by atoms with Crippen LogP contribution in [0.4, 0.5) is 4.39 Å². The molecule has 0 unspecified atom stereocenters. The van der Waals surface area contributed by atoms with Gasteiger partial charge in [0.15, 0.2) is 11.5 Å². The molecule has 2 aromatic rings. The maximum absolute atomic E-state index is 13.5. The Hall–Kier alpha value is -1.72. The quantitative estimate of drug-likeness (QED) is 0.794. The van der Waals surface area contributed by atoms with Crippen molar-refractivity contribution in [2.45, 2.75) is 25.9 Å². The lowest BCUT2D eigenvalue weighted by Gasteiger charge is -2.05. The van der Waals surface area contributed by atoms with Crippen molar-refractivity contribution >= 4 is 0 Å². The topological polar surface area (TPSA) is 56.7 Å². The molecule has 0 amide bonds. The molecule has 0 atom stereocenters. The Labute approximate surface area is 92.3 Å². The van der Waals surface area contributed by atoms with Gasteiger partial charge in [-0.05, 0) is 13.8 Å². The van der Waals surface area contributed by atoms with Crippen LogP contribution in [-0.4, -0.2) is 19.7 Å². The first-order chi connectivity index (χ1) is 7.47. The first-order valence-electron chi connectivity index (χ1n) is 4.94. The Morgan fingerprint density at radius 2 is 2.25 bits per heavy atom. The molecule has 2 aromatic heterocycles. The Kier molecular flexibility index (Phi) is 2.49. The maximum atomic E-state index is 13.5. The predicted molar refractivity (Wildman–Crippen MR) is 54.4 cm³/mol. The zero-order chi connectivity index (χ0) is 11.8. The van der Waals surface area contributed by atoms with Gasteiger partial charge in [0, 0.05) is 18.9 Å². The molecule has 16 heavy (non-hydrogen) atoms. The smallest absolute Gasteiger partial charge is 0.263 e. The summed E-state index contributed by atoms with van der Waals surface area (Å²) in [5.74, 6) is 0.467. The highest BCUT2D eigenvalue weighted by atomic mass is 19.1. The lowest BCUT2D eigenvalue weighted by Crippen LogP contribution is -2.09. The highest BCUT2D eigenvalue weighted by Gasteiger charge is 2.26. The standard InChI is InChI=1S/C10H13FN4O/c1-10(2,11)9-13-8(14-16-9)4-7-5-12-6-15(7)3/h5-6H,4H2,1-3H3. The Morgan fingerprint density at radius 3 is 2.75 bits per heavy atom. The van der Waals surface area contributed by atoms with E-state index in [0.717, 1.165) is 5.69 Å². The van der Waals surface area contributed by atoms with Crippen LogP contribution in [0.15, 0.2) is 17.0 Å². The number of imidazole rings is 1. The molecule has 0 aliphatic carbocycles. The zero-order valence-electron chi connectivity index (χ0n) is 9.44. The Morgan fingerprint density at radius 1 is 1.50 bits per heavy atom. The number of aromatic nitrogens is 4. The van der Waals surface area contributed by atoms with Gasteiger partial charge in [-0.3, -0.25) is 0 Å². The van der Waals surface area contributed by atoms with Gasteiger partial charge in [-0.1, -0.05) is 5.16 Å². The molecule has 0 bridgehead atoms. The van der Waals surface area contributed by atoms with Crippen molar-refractivity contribution in [3.63, 3.8) is 0 Å². The van der Waals surface area contributed by atoms with Gasteiger partial charge < -0.3 is 9.09 Å². The van der Waals surface area contributed by atoms with Crippen LogP contribution in [0.5, 0.6) is 0 Å². The highest BCUT2D eigenvalue weighted by Crippen LogP contribution is 2.22. The summed E-state index contributed by atoms with van der Waals surface area (Å²) in [7, 11) is 1.88. The van der Waals surface area contributed by atoms with Gasteiger partial charge in [0.05, 0.1) is 12.7 Å². The molecule has 2 heterocycles. The lowest BCUT2D eigenvalue weighted by molar-refractivity contribution is 0.155. The molecule has 6 heteroatoms. The number of alkyl halides is 1. The minimum Gasteiger partial charge on any atom is -0.337 e. The second-order valence-electron chi connectivity index (χ2n) is 4.16. The Bertz CT molecular complexity index is 483. The number of rotatable bonds is 3. The van der Waals surface area contributed by atoms with E-state index in [1.165, 1.54) is 13.8 Å². The van der Waals surface area contributed by atoms with Crippen LogP contribution < -0.4 is 0 Å². The third kappa shape index (κ3) is 2.10. The van der Waals surface area contributed by atoms with E-state index >= 15 is 0 Å². The van der Waals surface area contributed by atoms with Gasteiger partial charge >= 0.3 is 0 Å². The fourth-order valence-electron chi connectivity index (χ4n) is 1.28. The number of nitrogens with zero attached hydrogens (tertiary/aromatic N) is 4. The molecule has 2 rings (SSSR count). The summed E-state index contributed by atoms with van der Waals surface area (Å²) in [5.41, 5.74) is -0.651.